The second-order valence-electron chi connectivity index (χ2n) is 8.55. The Hall–Kier alpha value is -2.89. The molecule has 6 heteroatoms. The minimum absolute atomic E-state index is 0.0592. The van der Waals surface area contributed by atoms with Gasteiger partial charge in [0.25, 0.3) is 5.82 Å². The molecule has 154 valence electrons. The monoisotopic (exact) mass is 395 g/mol. The van der Waals surface area contributed by atoms with Gasteiger partial charge in [-0.15, -0.1) is 0 Å². The number of rotatable bonds is 6. The molecular weight excluding hydrogens is 364 g/mol. The molecule has 0 aliphatic carbocycles. The molecule has 1 aliphatic heterocycles. The van der Waals surface area contributed by atoms with Gasteiger partial charge in [0.15, 0.2) is 0 Å². The zero-order chi connectivity index (χ0) is 20.9. The number of pyridine rings is 1. The van der Waals surface area contributed by atoms with E-state index >= 15 is 0 Å². The minimum atomic E-state index is -0.393. The summed E-state index contributed by atoms with van der Waals surface area (Å²) in [5, 5.41) is 2.93. The van der Waals surface area contributed by atoms with Gasteiger partial charge in [0.05, 0.1) is 19.3 Å². The highest BCUT2D eigenvalue weighted by Gasteiger charge is 2.31. The van der Waals surface area contributed by atoms with Gasteiger partial charge in [0, 0.05) is 24.6 Å². The van der Waals surface area contributed by atoms with Crippen LogP contribution in [0.3, 0.4) is 0 Å². The first-order chi connectivity index (χ1) is 13.8. The number of nitrogens with zero attached hydrogens (tertiary/aromatic N) is 2. The standard InChI is InChI=1S/C23H30N4O2/c1-18-7-9-19(10-8-18)25-21(28)16-23(2,3)17-22(29)27-14-12-26(13-15-27)20-6-4-5-11-24-20/h4-11H,12-17H2,1-3H3,(H,25,28)/p+1. The average molecular weight is 396 g/mol. The molecule has 29 heavy (non-hydrogen) atoms. The Balaban J connectivity index is 1.47. The normalized spacial score (nSPS) is 14.6. The Morgan fingerprint density at radius 2 is 1.69 bits per heavy atom. The first-order valence-electron chi connectivity index (χ1n) is 10.2. The molecule has 1 aromatic heterocycles. The fourth-order valence-electron chi connectivity index (χ4n) is 3.64. The Kier molecular flexibility index (Phi) is 6.52. The van der Waals surface area contributed by atoms with Gasteiger partial charge in [0.1, 0.15) is 13.1 Å². The van der Waals surface area contributed by atoms with Gasteiger partial charge in [-0.2, -0.15) is 0 Å². The summed E-state index contributed by atoms with van der Waals surface area (Å²) < 4.78 is 0. The lowest BCUT2D eigenvalue weighted by Gasteiger charge is -2.33. The number of H-pyrrole nitrogens is 1. The minimum Gasteiger partial charge on any atom is -0.335 e. The van der Waals surface area contributed by atoms with Gasteiger partial charge < -0.3 is 10.2 Å². The summed E-state index contributed by atoms with van der Waals surface area (Å²) in [4.78, 5) is 32.6. The van der Waals surface area contributed by atoms with Gasteiger partial charge in [-0.05, 0) is 30.5 Å². The fourth-order valence-corrected chi connectivity index (χ4v) is 3.64. The summed E-state index contributed by atoms with van der Waals surface area (Å²) in [6.07, 6.45) is 2.59. The number of nitrogens with one attached hydrogen (secondary N) is 2. The number of aromatic amines is 1. The maximum atomic E-state index is 12.8. The van der Waals surface area contributed by atoms with Crippen molar-refractivity contribution in [2.45, 2.75) is 33.6 Å². The van der Waals surface area contributed by atoms with E-state index in [4.69, 9.17) is 0 Å². The van der Waals surface area contributed by atoms with Crippen molar-refractivity contribution in [2.24, 2.45) is 5.41 Å². The van der Waals surface area contributed by atoms with Crippen LogP contribution in [0.2, 0.25) is 0 Å². The molecule has 0 atom stereocenters. The van der Waals surface area contributed by atoms with Gasteiger partial charge in [0.2, 0.25) is 11.8 Å². The van der Waals surface area contributed by atoms with E-state index in [1.807, 2.05) is 74.3 Å². The first-order valence-corrected chi connectivity index (χ1v) is 10.2. The van der Waals surface area contributed by atoms with Crippen molar-refractivity contribution in [1.29, 1.82) is 0 Å². The van der Waals surface area contributed by atoms with E-state index in [1.165, 1.54) is 0 Å². The molecule has 6 nitrogen and oxygen atoms in total. The van der Waals surface area contributed by atoms with E-state index in [2.05, 4.69) is 15.2 Å². The van der Waals surface area contributed by atoms with Crippen LogP contribution in [-0.4, -0.2) is 42.9 Å². The molecule has 0 radical (unpaired) electrons. The maximum absolute atomic E-state index is 12.8. The van der Waals surface area contributed by atoms with E-state index in [0.29, 0.717) is 25.9 Å². The number of carbonyl (C=O) groups excluding carboxylic acids is 2. The molecule has 0 bridgehead atoms. The third-order valence-electron chi connectivity index (χ3n) is 5.27. The number of carbonyl (C=O) groups is 2. The molecule has 1 fully saturated rings. The van der Waals surface area contributed by atoms with Crippen molar-refractivity contribution in [3.05, 3.63) is 54.2 Å². The number of benzene rings is 1. The second-order valence-corrected chi connectivity index (χ2v) is 8.55. The molecule has 2 aromatic rings. The van der Waals surface area contributed by atoms with Crippen molar-refractivity contribution in [1.82, 2.24) is 4.90 Å². The molecule has 2 heterocycles. The van der Waals surface area contributed by atoms with Crippen LogP contribution in [0.4, 0.5) is 11.5 Å². The highest BCUT2D eigenvalue weighted by molar-refractivity contribution is 5.91. The molecule has 3 rings (SSSR count). The molecule has 2 amide bonds. The van der Waals surface area contributed by atoms with Gasteiger partial charge in [-0.3, -0.25) is 14.5 Å². The third-order valence-corrected chi connectivity index (χ3v) is 5.27. The summed E-state index contributed by atoms with van der Waals surface area (Å²) in [6, 6.07) is 13.7. The van der Waals surface area contributed by atoms with Gasteiger partial charge in [-0.1, -0.05) is 37.6 Å². The highest BCUT2D eigenvalue weighted by Crippen LogP contribution is 2.27. The van der Waals surface area contributed by atoms with E-state index in [9.17, 15) is 9.59 Å². The molecule has 1 aromatic carbocycles. The van der Waals surface area contributed by atoms with Crippen molar-refractivity contribution in [3.8, 4) is 0 Å². The predicted molar refractivity (Wildman–Crippen MR) is 115 cm³/mol. The van der Waals surface area contributed by atoms with Crippen molar-refractivity contribution in [3.63, 3.8) is 0 Å². The quantitative estimate of drug-likeness (QED) is 0.818. The van der Waals surface area contributed by atoms with Crippen LogP contribution in [0, 0.1) is 12.3 Å². The summed E-state index contributed by atoms with van der Waals surface area (Å²) in [6.45, 7) is 8.99. The molecule has 2 N–H and O–H groups in total. The molecule has 1 aliphatic rings. The fraction of sp³-hybridized carbons (Fsp3) is 0.435. The van der Waals surface area contributed by atoms with Crippen LogP contribution in [0.1, 0.15) is 32.3 Å². The number of piperazine rings is 1. The van der Waals surface area contributed by atoms with Crippen molar-refractivity contribution < 1.29 is 14.6 Å². The largest absolute Gasteiger partial charge is 0.335 e. The van der Waals surface area contributed by atoms with Crippen molar-refractivity contribution >= 4 is 23.3 Å². The highest BCUT2D eigenvalue weighted by atomic mass is 16.2. The van der Waals surface area contributed by atoms with E-state index in [-0.39, 0.29) is 11.8 Å². The van der Waals surface area contributed by atoms with Crippen LogP contribution < -0.4 is 15.2 Å². The number of hydrogen-bond acceptors (Lipinski definition) is 3. The lowest BCUT2D eigenvalue weighted by molar-refractivity contribution is -0.364. The Bertz CT molecular complexity index is 826. The third kappa shape index (κ3) is 6.04. The molecule has 0 unspecified atom stereocenters. The Labute approximate surface area is 172 Å². The summed E-state index contributed by atoms with van der Waals surface area (Å²) in [5.74, 6) is 1.14. The zero-order valence-electron chi connectivity index (χ0n) is 17.6. The number of aromatic nitrogens is 1. The SMILES string of the molecule is Cc1ccc(NC(=O)CC(C)(C)CC(=O)N2CCN(c3cccc[nH+]3)CC2)cc1. The van der Waals surface area contributed by atoms with E-state index in [0.717, 1.165) is 30.2 Å². The van der Waals surface area contributed by atoms with Crippen LogP contribution >= 0.6 is 0 Å². The van der Waals surface area contributed by atoms with Crippen LogP contribution in [-0.2, 0) is 9.59 Å². The summed E-state index contributed by atoms with van der Waals surface area (Å²) in [7, 11) is 0. The summed E-state index contributed by atoms with van der Waals surface area (Å²) in [5.41, 5.74) is 1.55. The molecular formula is C23H31N4O2+. The number of amides is 2. The lowest BCUT2D eigenvalue weighted by atomic mass is 9.84. The van der Waals surface area contributed by atoms with Gasteiger partial charge >= 0.3 is 0 Å². The lowest BCUT2D eigenvalue weighted by Crippen LogP contribution is -2.50. The topological polar surface area (TPSA) is 66.8 Å². The number of anilines is 2. The second kappa shape index (κ2) is 9.07. The predicted octanol–water partition coefficient (Wildman–Crippen LogP) is 2.90. The molecule has 1 saturated heterocycles. The maximum Gasteiger partial charge on any atom is 0.274 e. The Morgan fingerprint density at radius 1 is 1.00 bits per heavy atom. The van der Waals surface area contributed by atoms with Crippen molar-refractivity contribution in [2.75, 3.05) is 36.4 Å². The van der Waals surface area contributed by atoms with Crippen LogP contribution in [0.5, 0.6) is 0 Å². The van der Waals surface area contributed by atoms with Gasteiger partial charge in [-0.25, -0.2) is 4.98 Å². The zero-order valence-corrected chi connectivity index (χ0v) is 17.6. The van der Waals surface area contributed by atoms with E-state index < -0.39 is 5.41 Å². The number of hydrogen-bond donors (Lipinski definition) is 1. The Morgan fingerprint density at radius 3 is 2.31 bits per heavy atom. The summed E-state index contributed by atoms with van der Waals surface area (Å²) >= 11 is 0. The van der Waals surface area contributed by atoms with Crippen LogP contribution in [0.15, 0.2) is 48.7 Å². The number of aryl methyl sites for hydroxylation is 1. The van der Waals surface area contributed by atoms with E-state index in [1.54, 1.807) is 0 Å². The smallest absolute Gasteiger partial charge is 0.274 e. The average Bonchev–Trinajstić information content (AvgIpc) is 2.69. The molecule has 0 saturated carbocycles. The van der Waals surface area contributed by atoms with Crippen LogP contribution in [0.25, 0.3) is 0 Å². The molecule has 0 spiro atoms. The first kappa shape index (κ1) is 20.8.